The lowest BCUT2D eigenvalue weighted by molar-refractivity contribution is -0.717. The van der Waals surface area contributed by atoms with Crippen molar-refractivity contribution in [2.45, 2.75) is 76.5 Å². The van der Waals surface area contributed by atoms with Gasteiger partial charge >= 0.3 is 0 Å². The van der Waals surface area contributed by atoms with Crippen molar-refractivity contribution in [2.24, 2.45) is 5.92 Å². The van der Waals surface area contributed by atoms with Crippen LogP contribution >= 0.6 is 0 Å². The molecule has 1 aromatic heterocycles. The minimum Gasteiger partial charge on any atom is -0.501 e. The number of hydrogen-bond donors (Lipinski definition) is 0. The molecule has 0 amide bonds. The molecule has 3 nitrogen and oxygen atoms in total. The summed E-state index contributed by atoms with van der Waals surface area (Å²) in [5.74, 6) is 2.08. The van der Waals surface area contributed by atoms with Crippen LogP contribution in [0.3, 0.4) is 0 Å². The number of allylic oxidation sites excluding steroid dienone is 1. The number of pyridine rings is 1. The summed E-state index contributed by atoms with van der Waals surface area (Å²) in [4.78, 5) is 0. The molecule has 0 radical (unpaired) electrons. The van der Waals surface area contributed by atoms with Crippen molar-refractivity contribution in [1.82, 2.24) is 0 Å². The van der Waals surface area contributed by atoms with Crippen molar-refractivity contribution in [2.75, 3.05) is 20.8 Å². The topological polar surface area (TPSA) is 22.3 Å². The van der Waals surface area contributed by atoms with E-state index in [-0.39, 0.29) is 6.04 Å². The van der Waals surface area contributed by atoms with Crippen LogP contribution in [0, 0.1) is 5.92 Å². The fraction of sp³-hybridized carbons (Fsp3) is 0.552. The van der Waals surface area contributed by atoms with Crippen LogP contribution in [0.5, 0.6) is 0 Å². The molecule has 33 heavy (non-hydrogen) atoms. The molecule has 178 valence electrons. The Balaban J connectivity index is 1.89. The second-order valence-corrected chi connectivity index (χ2v) is 16.1. The van der Waals surface area contributed by atoms with Gasteiger partial charge in [0, 0.05) is 36.5 Å². The molecule has 1 fully saturated rings. The summed E-state index contributed by atoms with van der Waals surface area (Å²) in [5, 5.41) is 1.62. The molecule has 2 atom stereocenters. The molecule has 0 saturated heterocycles. The van der Waals surface area contributed by atoms with Gasteiger partial charge < -0.3 is 9.47 Å². The molecule has 1 aromatic carbocycles. The second-order valence-electron chi connectivity index (χ2n) is 11.1. The molecule has 4 heteroatoms. The maximum atomic E-state index is 5.59. The van der Waals surface area contributed by atoms with Gasteiger partial charge in [-0.15, -0.1) is 0 Å². The van der Waals surface area contributed by atoms with Crippen LogP contribution in [0.15, 0.2) is 48.9 Å². The highest BCUT2D eigenvalue weighted by molar-refractivity contribution is 6.89. The van der Waals surface area contributed by atoms with Gasteiger partial charge in [0.2, 0.25) is 5.69 Å². The molecule has 1 saturated carbocycles. The first-order valence-electron chi connectivity index (χ1n) is 12.7. The van der Waals surface area contributed by atoms with Gasteiger partial charge in [-0.25, -0.2) is 0 Å². The van der Waals surface area contributed by atoms with Gasteiger partial charge in [-0.05, 0) is 36.0 Å². The molecule has 1 aliphatic heterocycles. The minimum absolute atomic E-state index is 0.285. The lowest BCUT2D eigenvalue weighted by Gasteiger charge is -2.33. The molecule has 2 heterocycles. The van der Waals surface area contributed by atoms with Gasteiger partial charge in [0.05, 0.1) is 27.4 Å². The Morgan fingerprint density at radius 3 is 2.52 bits per heavy atom. The summed E-state index contributed by atoms with van der Waals surface area (Å²) in [6.07, 6.45) is 11.2. The van der Waals surface area contributed by atoms with Gasteiger partial charge in [-0.3, -0.25) is 0 Å². The Hall–Kier alpha value is -1.91. The van der Waals surface area contributed by atoms with E-state index in [9.17, 15) is 0 Å². The van der Waals surface area contributed by atoms with Crippen LogP contribution < -0.4 is 9.75 Å². The quantitative estimate of drug-likeness (QED) is 0.252. The predicted octanol–water partition coefficient (Wildman–Crippen LogP) is 6.14. The smallest absolute Gasteiger partial charge is 0.213 e. The third kappa shape index (κ3) is 5.12. The summed E-state index contributed by atoms with van der Waals surface area (Å²) in [7, 11) is 2.02. The van der Waals surface area contributed by atoms with E-state index in [2.05, 4.69) is 67.3 Å². The summed E-state index contributed by atoms with van der Waals surface area (Å²) in [6.45, 7) is 12.5. The predicted molar refractivity (Wildman–Crippen MR) is 140 cm³/mol. The average Bonchev–Trinajstić information content (AvgIpc) is 3.30. The third-order valence-electron chi connectivity index (χ3n) is 7.81. The fourth-order valence-corrected chi connectivity index (χ4v) is 7.74. The highest BCUT2D eigenvalue weighted by atomic mass is 28.3. The molecule has 2 unspecified atom stereocenters. The Kier molecular flexibility index (Phi) is 7.45. The second kappa shape index (κ2) is 10.1. The van der Waals surface area contributed by atoms with E-state index >= 15 is 0 Å². The van der Waals surface area contributed by atoms with E-state index in [0.717, 1.165) is 31.1 Å². The van der Waals surface area contributed by atoms with Crippen LogP contribution in [0.4, 0.5) is 0 Å². The van der Waals surface area contributed by atoms with E-state index in [1.165, 1.54) is 48.9 Å². The molecule has 0 N–H and O–H groups in total. The van der Waals surface area contributed by atoms with Gasteiger partial charge in [-0.1, -0.05) is 70.1 Å². The highest BCUT2D eigenvalue weighted by Crippen LogP contribution is 2.42. The largest absolute Gasteiger partial charge is 0.501 e. The Morgan fingerprint density at radius 2 is 1.85 bits per heavy atom. The monoisotopic (exact) mass is 464 g/mol. The standard InChI is InChI=1S/C29H42NO2Si/c1-21(32-3)17-27-26(15-16-31-2)24-13-9-10-14-25(24)28-19-23(18-22-11-7-8-12-22)29(20-30(27)28)33(4,5)6/h9-10,13-14,19-20,22,26-27H,1,7-8,11-12,15-18H2,2-6H3/q+1. The van der Waals surface area contributed by atoms with Gasteiger partial charge in [0.15, 0.2) is 12.2 Å². The SMILES string of the molecule is C=C(CC1C(CCOC)c2ccccc2-c2cc(CC3CCCC3)c([Si](C)(C)C)c[n+]21)OC. The van der Waals surface area contributed by atoms with Gasteiger partial charge in [0.1, 0.15) is 0 Å². The number of rotatable bonds is 9. The maximum Gasteiger partial charge on any atom is 0.213 e. The van der Waals surface area contributed by atoms with Crippen molar-refractivity contribution >= 4 is 13.3 Å². The Morgan fingerprint density at radius 1 is 1.12 bits per heavy atom. The zero-order valence-electron chi connectivity index (χ0n) is 21.3. The van der Waals surface area contributed by atoms with Crippen LogP contribution in [0.2, 0.25) is 19.6 Å². The first kappa shape index (κ1) is 24.2. The zero-order chi connectivity index (χ0) is 23.6. The van der Waals surface area contributed by atoms with Crippen LogP contribution in [0.1, 0.15) is 61.6 Å². The van der Waals surface area contributed by atoms with E-state index in [0.29, 0.717) is 5.92 Å². The molecule has 2 aromatic rings. The molecule has 4 rings (SSSR count). The van der Waals surface area contributed by atoms with Gasteiger partial charge in [0.25, 0.3) is 0 Å². The highest BCUT2D eigenvalue weighted by Gasteiger charge is 2.42. The van der Waals surface area contributed by atoms with Crippen molar-refractivity contribution < 1.29 is 14.0 Å². The summed E-state index contributed by atoms with van der Waals surface area (Å²) in [5.41, 5.74) is 5.79. The number of aromatic nitrogens is 1. The first-order valence-corrected chi connectivity index (χ1v) is 16.2. The zero-order valence-corrected chi connectivity index (χ0v) is 22.3. The van der Waals surface area contributed by atoms with Crippen molar-refractivity contribution in [3.8, 4) is 11.3 Å². The number of nitrogens with zero attached hydrogens (tertiary/aromatic N) is 1. The van der Waals surface area contributed by atoms with Crippen LogP contribution in [0.25, 0.3) is 11.3 Å². The lowest BCUT2D eigenvalue weighted by atomic mass is 9.79. The number of methoxy groups -OCH3 is 2. The van der Waals surface area contributed by atoms with Crippen molar-refractivity contribution in [3.63, 3.8) is 0 Å². The van der Waals surface area contributed by atoms with E-state index < -0.39 is 8.07 Å². The third-order valence-corrected chi connectivity index (χ3v) is 9.88. The van der Waals surface area contributed by atoms with Gasteiger partial charge in [-0.2, -0.15) is 4.57 Å². The molecule has 0 spiro atoms. The van der Waals surface area contributed by atoms with E-state index in [1.54, 1.807) is 25.0 Å². The number of ether oxygens (including phenoxy) is 2. The summed E-state index contributed by atoms with van der Waals surface area (Å²) < 4.78 is 13.7. The van der Waals surface area contributed by atoms with E-state index in [4.69, 9.17) is 9.47 Å². The molecule has 0 bridgehead atoms. The lowest BCUT2D eigenvalue weighted by Crippen LogP contribution is -2.54. The van der Waals surface area contributed by atoms with Crippen LogP contribution in [-0.4, -0.2) is 28.9 Å². The van der Waals surface area contributed by atoms with Crippen molar-refractivity contribution in [1.29, 1.82) is 0 Å². The number of fused-ring (bicyclic) bond motifs is 3. The Bertz CT molecular complexity index is 988. The average molecular weight is 465 g/mol. The summed E-state index contributed by atoms with van der Waals surface area (Å²) in [6, 6.07) is 11.9. The normalized spacial score (nSPS) is 20.4. The molecular weight excluding hydrogens is 422 g/mol. The Labute approximate surface area is 201 Å². The molecular formula is C29H42NO2Si+. The fourth-order valence-electron chi connectivity index (χ4n) is 6.07. The number of benzene rings is 1. The molecule has 1 aliphatic carbocycles. The molecule has 2 aliphatic rings. The minimum atomic E-state index is -1.53. The maximum absolute atomic E-state index is 5.59. The number of hydrogen-bond acceptors (Lipinski definition) is 2. The first-order chi connectivity index (χ1) is 15.8. The van der Waals surface area contributed by atoms with Crippen molar-refractivity contribution in [3.05, 3.63) is 60.0 Å². The van der Waals surface area contributed by atoms with Crippen LogP contribution in [-0.2, 0) is 15.9 Å². The summed E-state index contributed by atoms with van der Waals surface area (Å²) >= 11 is 0. The van der Waals surface area contributed by atoms with E-state index in [1.807, 2.05) is 0 Å².